The molecular weight excluding hydrogens is 274 g/mol. The third kappa shape index (κ3) is 3.36. The second-order valence-electron chi connectivity index (χ2n) is 4.46. The highest BCUT2D eigenvalue weighted by atomic mass is 16.6. The maximum atomic E-state index is 10.9. The largest absolute Gasteiger partial charge is 0.488 e. The van der Waals surface area contributed by atoms with Crippen molar-refractivity contribution in [3.05, 3.63) is 69.3 Å². The minimum Gasteiger partial charge on any atom is -0.488 e. The standard InChI is InChI=1S/C15H13NO5/c1-10-8-11(15(17)18)6-7-14(10)21-9-12-4-2-3-5-13(12)16(19)20/h2-8H,9H2,1H3,(H,17,18). The molecule has 0 fully saturated rings. The summed E-state index contributed by atoms with van der Waals surface area (Å²) in [4.78, 5) is 21.3. The Morgan fingerprint density at radius 1 is 1.29 bits per heavy atom. The SMILES string of the molecule is Cc1cc(C(=O)O)ccc1OCc1ccccc1[N+](=O)[O-]. The number of ether oxygens (including phenoxy) is 1. The molecule has 0 aliphatic rings. The first-order valence-corrected chi connectivity index (χ1v) is 6.18. The van der Waals surface area contributed by atoms with Crippen LogP contribution in [0.4, 0.5) is 5.69 Å². The third-order valence-electron chi connectivity index (χ3n) is 2.99. The van der Waals surface area contributed by atoms with Gasteiger partial charge in [-0.3, -0.25) is 10.1 Å². The number of nitro benzene ring substituents is 1. The van der Waals surface area contributed by atoms with Crippen molar-refractivity contribution in [2.45, 2.75) is 13.5 Å². The molecule has 0 aromatic heterocycles. The molecule has 0 aliphatic carbocycles. The summed E-state index contributed by atoms with van der Waals surface area (Å²) in [6, 6.07) is 10.8. The first kappa shape index (κ1) is 14.5. The van der Waals surface area contributed by atoms with Crippen LogP contribution in [-0.4, -0.2) is 16.0 Å². The number of nitro groups is 1. The molecule has 0 saturated carbocycles. The predicted octanol–water partition coefficient (Wildman–Crippen LogP) is 3.18. The number of aryl methyl sites for hydroxylation is 1. The fourth-order valence-corrected chi connectivity index (χ4v) is 1.91. The Balaban J connectivity index is 2.17. The first-order chi connectivity index (χ1) is 9.99. The molecule has 0 atom stereocenters. The zero-order chi connectivity index (χ0) is 15.4. The quantitative estimate of drug-likeness (QED) is 0.673. The molecule has 0 aliphatic heterocycles. The summed E-state index contributed by atoms with van der Waals surface area (Å²) >= 11 is 0. The number of aromatic carboxylic acids is 1. The van der Waals surface area contributed by atoms with E-state index in [4.69, 9.17) is 9.84 Å². The van der Waals surface area contributed by atoms with Gasteiger partial charge in [-0.2, -0.15) is 0 Å². The van der Waals surface area contributed by atoms with E-state index in [1.54, 1.807) is 31.2 Å². The Hall–Kier alpha value is -2.89. The van der Waals surface area contributed by atoms with Gasteiger partial charge in [0, 0.05) is 6.07 Å². The molecule has 108 valence electrons. The van der Waals surface area contributed by atoms with Crippen molar-refractivity contribution in [3.63, 3.8) is 0 Å². The molecule has 0 heterocycles. The van der Waals surface area contributed by atoms with Crippen LogP contribution in [0.1, 0.15) is 21.5 Å². The van der Waals surface area contributed by atoms with Gasteiger partial charge in [0.2, 0.25) is 0 Å². The van der Waals surface area contributed by atoms with E-state index in [-0.39, 0.29) is 17.9 Å². The molecule has 2 aromatic carbocycles. The Bertz CT molecular complexity index is 696. The van der Waals surface area contributed by atoms with E-state index in [1.165, 1.54) is 18.2 Å². The van der Waals surface area contributed by atoms with E-state index in [0.717, 1.165) is 0 Å². The molecule has 0 unspecified atom stereocenters. The van der Waals surface area contributed by atoms with Gasteiger partial charge in [0.15, 0.2) is 0 Å². The van der Waals surface area contributed by atoms with E-state index in [9.17, 15) is 14.9 Å². The van der Waals surface area contributed by atoms with Gasteiger partial charge in [-0.05, 0) is 36.8 Å². The van der Waals surface area contributed by atoms with E-state index in [0.29, 0.717) is 16.9 Å². The molecule has 1 N–H and O–H groups in total. The van der Waals surface area contributed by atoms with Crippen LogP contribution in [0.25, 0.3) is 0 Å². The molecule has 0 bridgehead atoms. The van der Waals surface area contributed by atoms with Gasteiger partial charge >= 0.3 is 5.97 Å². The molecule has 2 aromatic rings. The zero-order valence-corrected chi connectivity index (χ0v) is 11.3. The number of carboxylic acid groups (broad SMARTS) is 1. The Morgan fingerprint density at radius 3 is 2.62 bits per heavy atom. The van der Waals surface area contributed by atoms with Crippen molar-refractivity contribution in [1.82, 2.24) is 0 Å². The van der Waals surface area contributed by atoms with E-state index in [1.807, 2.05) is 0 Å². The predicted molar refractivity (Wildman–Crippen MR) is 75.6 cm³/mol. The summed E-state index contributed by atoms with van der Waals surface area (Å²) in [7, 11) is 0. The third-order valence-corrected chi connectivity index (χ3v) is 2.99. The van der Waals surface area contributed by atoms with Crippen molar-refractivity contribution < 1.29 is 19.6 Å². The smallest absolute Gasteiger partial charge is 0.335 e. The monoisotopic (exact) mass is 287 g/mol. The molecule has 6 heteroatoms. The van der Waals surface area contributed by atoms with Crippen LogP contribution in [0, 0.1) is 17.0 Å². The normalized spacial score (nSPS) is 10.1. The topological polar surface area (TPSA) is 89.7 Å². The van der Waals surface area contributed by atoms with Gasteiger partial charge in [0.1, 0.15) is 12.4 Å². The lowest BCUT2D eigenvalue weighted by molar-refractivity contribution is -0.385. The molecule has 6 nitrogen and oxygen atoms in total. The maximum Gasteiger partial charge on any atom is 0.335 e. The second-order valence-corrected chi connectivity index (χ2v) is 4.46. The molecule has 0 amide bonds. The summed E-state index contributed by atoms with van der Waals surface area (Å²) < 4.78 is 5.55. The average molecular weight is 287 g/mol. The number of carboxylic acids is 1. The van der Waals surface area contributed by atoms with Crippen molar-refractivity contribution in [3.8, 4) is 5.75 Å². The number of para-hydroxylation sites is 1. The number of nitrogens with zero attached hydrogens (tertiary/aromatic N) is 1. The highest BCUT2D eigenvalue weighted by Crippen LogP contribution is 2.23. The molecule has 0 radical (unpaired) electrons. The second kappa shape index (κ2) is 6.04. The number of carbonyl (C=O) groups is 1. The number of rotatable bonds is 5. The fraction of sp³-hybridized carbons (Fsp3) is 0.133. The van der Waals surface area contributed by atoms with E-state index in [2.05, 4.69) is 0 Å². The summed E-state index contributed by atoms with van der Waals surface area (Å²) in [6.45, 7) is 1.77. The van der Waals surface area contributed by atoms with Gasteiger partial charge in [-0.15, -0.1) is 0 Å². The van der Waals surface area contributed by atoms with Crippen molar-refractivity contribution in [2.75, 3.05) is 0 Å². The van der Waals surface area contributed by atoms with Gasteiger partial charge in [-0.1, -0.05) is 12.1 Å². The fourth-order valence-electron chi connectivity index (χ4n) is 1.91. The van der Waals surface area contributed by atoms with E-state index < -0.39 is 10.9 Å². The Morgan fingerprint density at radius 2 is 2.00 bits per heavy atom. The molecule has 0 saturated heterocycles. The lowest BCUT2D eigenvalue weighted by atomic mass is 10.1. The number of hydrogen-bond donors (Lipinski definition) is 1. The van der Waals surface area contributed by atoms with Crippen LogP contribution in [0.15, 0.2) is 42.5 Å². The minimum absolute atomic E-state index is 0.00249. The van der Waals surface area contributed by atoms with Gasteiger partial charge in [0.25, 0.3) is 5.69 Å². The van der Waals surface area contributed by atoms with Crippen LogP contribution in [0.3, 0.4) is 0 Å². The summed E-state index contributed by atoms with van der Waals surface area (Å²) in [5.74, 6) is -0.513. The minimum atomic E-state index is -1.01. The summed E-state index contributed by atoms with van der Waals surface area (Å²) in [5, 5.41) is 19.8. The highest BCUT2D eigenvalue weighted by molar-refractivity contribution is 5.88. The Labute approximate surface area is 120 Å². The molecule has 0 spiro atoms. The van der Waals surface area contributed by atoms with Crippen LogP contribution < -0.4 is 4.74 Å². The van der Waals surface area contributed by atoms with Crippen LogP contribution in [-0.2, 0) is 6.61 Å². The van der Waals surface area contributed by atoms with Crippen molar-refractivity contribution in [2.24, 2.45) is 0 Å². The highest BCUT2D eigenvalue weighted by Gasteiger charge is 2.13. The number of benzene rings is 2. The van der Waals surface area contributed by atoms with Crippen molar-refractivity contribution in [1.29, 1.82) is 0 Å². The van der Waals surface area contributed by atoms with Gasteiger partial charge in [0.05, 0.1) is 16.1 Å². The first-order valence-electron chi connectivity index (χ1n) is 6.18. The van der Waals surface area contributed by atoms with Crippen LogP contribution >= 0.6 is 0 Å². The molecule has 2 rings (SSSR count). The van der Waals surface area contributed by atoms with E-state index >= 15 is 0 Å². The zero-order valence-electron chi connectivity index (χ0n) is 11.3. The summed E-state index contributed by atoms with van der Waals surface area (Å²) in [6.07, 6.45) is 0. The van der Waals surface area contributed by atoms with Gasteiger partial charge < -0.3 is 9.84 Å². The Kier molecular flexibility index (Phi) is 4.18. The summed E-state index contributed by atoms with van der Waals surface area (Å²) in [5.41, 5.74) is 1.29. The number of hydrogen-bond acceptors (Lipinski definition) is 4. The average Bonchev–Trinajstić information content (AvgIpc) is 2.46. The van der Waals surface area contributed by atoms with Crippen molar-refractivity contribution >= 4 is 11.7 Å². The lowest BCUT2D eigenvalue weighted by Gasteiger charge is -2.10. The lowest BCUT2D eigenvalue weighted by Crippen LogP contribution is -2.02. The maximum absolute atomic E-state index is 10.9. The molecule has 21 heavy (non-hydrogen) atoms. The van der Waals surface area contributed by atoms with Crippen LogP contribution in [0.2, 0.25) is 0 Å². The molecular formula is C15H13NO5. The van der Waals surface area contributed by atoms with Gasteiger partial charge in [-0.25, -0.2) is 4.79 Å². The van der Waals surface area contributed by atoms with Crippen LogP contribution in [0.5, 0.6) is 5.75 Å².